The van der Waals surface area contributed by atoms with Crippen LogP contribution in [0.3, 0.4) is 0 Å². The van der Waals surface area contributed by atoms with Gasteiger partial charge in [-0.05, 0) is 23.6 Å². The number of fused-ring (bicyclic) bond motifs is 1. The summed E-state index contributed by atoms with van der Waals surface area (Å²) in [7, 11) is 0. The van der Waals surface area contributed by atoms with E-state index in [1.165, 1.54) is 10.4 Å². The normalized spacial score (nSPS) is 11.1. The van der Waals surface area contributed by atoms with Crippen molar-refractivity contribution in [1.29, 1.82) is 0 Å². The second-order valence-electron chi connectivity index (χ2n) is 1.70. The zero-order chi connectivity index (χ0) is 5.40. The number of rotatable bonds is 0. The van der Waals surface area contributed by atoms with Gasteiger partial charge >= 0.3 is 0 Å². The third kappa shape index (κ3) is 1.16. The molecule has 2 heteroatoms. The molecular formula is C7H4SZr. The molecule has 1 aromatic heterocycles. The van der Waals surface area contributed by atoms with Crippen LogP contribution in [0, 0.1) is 0 Å². The van der Waals surface area contributed by atoms with Crippen molar-refractivity contribution < 1.29 is 26.2 Å². The van der Waals surface area contributed by atoms with Crippen LogP contribution >= 0.6 is 11.3 Å². The van der Waals surface area contributed by atoms with E-state index in [0.717, 1.165) is 0 Å². The van der Waals surface area contributed by atoms with Crippen molar-refractivity contribution in [3.05, 3.63) is 27.6 Å². The Morgan fingerprint density at radius 2 is 2.22 bits per heavy atom. The molecule has 0 N–H and O–H groups in total. The summed E-state index contributed by atoms with van der Waals surface area (Å²) >= 11 is 1.76. The van der Waals surface area contributed by atoms with E-state index in [1.807, 2.05) is 12.2 Å². The van der Waals surface area contributed by atoms with Gasteiger partial charge in [-0.2, -0.15) is 0 Å². The van der Waals surface area contributed by atoms with E-state index >= 15 is 0 Å². The van der Waals surface area contributed by atoms with Gasteiger partial charge in [-0.3, -0.25) is 0 Å². The van der Waals surface area contributed by atoms with Gasteiger partial charge in [0.05, 0.1) is 0 Å². The Morgan fingerprint density at radius 1 is 1.33 bits per heavy atom. The Morgan fingerprint density at radius 3 is 3.00 bits per heavy atom. The average Bonchev–Trinajstić information content (AvgIpc) is 2.15. The zero-order valence-corrected chi connectivity index (χ0v) is 7.99. The Bertz CT molecular complexity index is 244. The van der Waals surface area contributed by atoms with Gasteiger partial charge < -0.3 is 0 Å². The summed E-state index contributed by atoms with van der Waals surface area (Å²) in [5.74, 6) is 0. The molecule has 0 aliphatic heterocycles. The quantitative estimate of drug-likeness (QED) is 0.587. The van der Waals surface area contributed by atoms with Crippen molar-refractivity contribution in [3.8, 4) is 0 Å². The number of hydrogen-bond acceptors (Lipinski definition) is 1. The largest absolute Gasteiger partial charge is 0.143 e. The molecule has 42 valence electrons. The molecule has 0 fully saturated rings. The third-order valence-corrected chi connectivity index (χ3v) is 2.06. The van der Waals surface area contributed by atoms with Crippen LogP contribution in [-0.2, 0) is 26.2 Å². The van der Waals surface area contributed by atoms with Crippen LogP contribution in [-0.4, -0.2) is 0 Å². The van der Waals surface area contributed by atoms with Gasteiger partial charge in [0.25, 0.3) is 0 Å². The third-order valence-electron chi connectivity index (χ3n) is 1.18. The minimum absolute atomic E-state index is 0. The van der Waals surface area contributed by atoms with Crippen molar-refractivity contribution in [1.82, 2.24) is 0 Å². The summed E-state index contributed by atoms with van der Waals surface area (Å²) in [6.07, 6.45) is 4.02. The maximum absolute atomic E-state index is 3.03. The zero-order valence-electron chi connectivity index (χ0n) is 4.72. The smallest absolute Gasteiger partial charge is 0.0425 e. The first kappa shape index (κ1) is 7.21. The van der Waals surface area contributed by atoms with Crippen molar-refractivity contribution in [2.24, 2.45) is 0 Å². The van der Waals surface area contributed by atoms with Gasteiger partial charge in [-0.15, -0.1) is 17.1 Å². The molecule has 0 unspecified atom stereocenters. The monoisotopic (exact) mass is 210 g/mol. The van der Waals surface area contributed by atoms with Crippen LogP contribution in [0.15, 0.2) is 17.2 Å². The van der Waals surface area contributed by atoms with Gasteiger partial charge in [-0.1, -0.05) is 0 Å². The van der Waals surface area contributed by atoms with Crippen molar-refractivity contribution in [2.75, 3.05) is 0 Å². The van der Waals surface area contributed by atoms with E-state index in [-0.39, 0.29) is 26.2 Å². The first-order valence-corrected chi connectivity index (χ1v) is 3.35. The van der Waals surface area contributed by atoms with Crippen LogP contribution in [0.1, 0.15) is 10.4 Å². The molecule has 0 nitrogen and oxygen atoms in total. The van der Waals surface area contributed by atoms with Crippen molar-refractivity contribution >= 4 is 23.5 Å². The molecule has 0 amide bonds. The predicted octanol–water partition coefficient (Wildman–Crippen LogP) is 2.38. The molecule has 0 saturated heterocycles. The standard InChI is InChI=1S/C7H4S.Zr/c1-2-6-4-5-8-7(6)3-1;/h2-5H;. The molecule has 1 aromatic rings. The van der Waals surface area contributed by atoms with Crippen molar-refractivity contribution in [2.45, 2.75) is 0 Å². The molecule has 2 rings (SSSR count). The molecule has 0 atom stereocenters. The average molecular weight is 211 g/mol. The maximum Gasteiger partial charge on any atom is 0.0425 e. The van der Waals surface area contributed by atoms with Gasteiger partial charge in [-0.25, -0.2) is 0 Å². The Labute approximate surface area is 77.0 Å². The van der Waals surface area contributed by atoms with Crippen LogP contribution < -0.4 is 0 Å². The SMILES string of the molecule is C1=Cc2ccsc2C=1.[Zr]. The van der Waals surface area contributed by atoms with E-state index in [1.54, 1.807) is 11.3 Å². The maximum atomic E-state index is 3.03. The molecule has 1 aliphatic carbocycles. The first-order chi connectivity index (χ1) is 3.97. The van der Waals surface area contributed by atoms with Gasteiger partial charge in [0.1, 0.15) is 0 Å². The summed E-state index contributed by atoms with van der Waals surface area (Å²) in [6, 6.07) is 2.11. The predicted molar refractivity (Wildman–Crippen MR) is 36.8 cm³/mol. The van der Waals surface area contributed by atoms with Gasteiger partial charge in [0, 0.05) is 36.6 Å². The van der Waals surface area contributed by atoms with E-state index in [2.05, 4.69) is 17.2 Å². The van der Waals surface area contributed by atoms with Crippen LogP contribution in [0.25, 0.3) is 12.2 Å². The fourth-order valence-electron chi connectivity index (χ4n) is 0.775. The van der Waals surface area contributed by atoms with Crippen LogP contribution in [0.2, 0.25) is 0 Å². The number of thiophene rings is 1. The van der Waals surface area contributed by atoms with Gasteiger partial charge in [0.15, 0.2) is 0 Å². The van der Waals surface area contributed by atoms with Crippen LogP contribution in [0.4, 0.5) is 0 Å². The molecule has 9 heavy (non-hydrogen) atoms. The summed E-state index contributed by atoms with van der Waals surface area (Å²) in [5, 5.41) is 2.10. The van der Waals surface area contributed by atoms with E-state index < -0.39 is 0 Å². The Hall–Kier alpha value is 0.103. The molecule has 0 aromatic carbocycles. The fraction of sp³-hybridized carbons (Fsp3) is 0. The molecule has 1 heterocycles. The van der Waals surface area contributed by atoms with Crippen LogP contribution in [0.5, 0.6) is 0 Å². The second-order valence-corrected chi connectivity index (χ2v) is 2.64. The van der Waals surface area contributed by atoms with E-state index in [9.17, 15) is 0 Å². The Kier molecular flexibility index (Phi) is 2.24. The molecule has 0 radical (unpaired) electrons. The second kappa shape index (κ2) is 2.79. The molecule has 0 saturated carbocycles. The first-order valence-electron chi connectivity index (χ1n) is 2.47. The number of hydrogen-bond donors (Lipinski definition) is 0. The summed E-state index contributed by atoms with van der Waals surface area (Å²) < 4.78 is 0. The molecule has 0 spiro atoms. The fourth-order valence-corrected chi connectivity index (χ4v) is 1.53. The summed E-state index contributed by atoms with van der Waals surface area (Å²) in [5.41, 5.74) is 4.34. The minimum Gasteiger partial charge on any atom is -0.143 e. The summed E-state index contributed by atoms with van der Waals surface area (Å²) in [6.45, 7) is 0. The van der Waals surface area contributed by atoms with E-state index in [0.29, 0.717) is 0 Å². The van der Waals surface area contributed by atoms with Crippen molar-refractivity contribution in [3.63, 3.8) is 0 Å². The molecule has 1 aliphatic rings. The molecular weight excluding hydrogens is 207 g/mol. The summed E-state index contributed by atoms with van der Waals surface area (Å²) in [4.78, 5) is 1.34. The molecule has 0 bridgehead atoms. The topological polar surface area (TPSA) is 0 Å². The Balaban J connectivity index is 0.000000405. The van der Waals surface area contributed by atoms with Gasteiger partial charge in [0.2, 0.25) is 0 Å². The minimum atomic E-state index is 0. The van der Waals surface area contributed by atoms with E-state index in [4.69, 9.17) is 0 Å².